The van der Waals surface area contributed by atoms with Crippen molar-refractivity contribution in [3.8, 4) is 0 Å². The van der Waals surface area contributed by atoms with E-state index in [1.807, 2.05) is 6.08 Å². The maximum absolute atomic E-state index is 12.9. The van der Waals surface area contributed by atoms with Crippen LogP contribution in [0.2, 0.25) is 0 Å². The van der Waals surface area contributed by atoms with Crippen molar-refractivity contribution in [2.75, 3.05) is 0 Å². The second-order valence-corrected chi connectivity index (χ2v) is 11.6. The normalized spacial score (nSPS) is 41.7. The average molecular weight is 429 g/mol. The molecule has 0 unspecified atom stereocenters. The van der Waals surface area contributed by atoms with E-state index in [1.165, 1.54) is 24.8 Å². The van der Waals surface area contributed by atoms with Crippen LogP contribution < -0.4 is 0 Å². The van der Waals surface area contributed by atoms with E-state index in [1.54, 1.807) is 0 Å². The molecule has 6 atom stereocenters. The Morgan fingerprint density at radius 1 is 1.00 bits per heavy atom. The minimum Gasteiger partial charge on any atom is -0.458 e. The van der Waals surface area contributed by atoms with Crippen LogP contribution in [0.1, 0.15) is 118 Å². The molecule has 0 saturated heterocycles. The molecular weight excluding hydrogens is 384 g/mol. The van der Waals surface area contributed by atoms with Crippen LogP contribution in [0.3, 0.4) is 0 Å². The van der Waals surface area contributed by atoms with Gasteiger partial charge in [-0.25, -0.2) is 0 Å². The second kappa shape index (κ2) is 8.67. The van der Waals surface area contributed by atoms with E-state index < -0.39 is 0 Å². The van der Waals surface area contributed by atoms with E-state index in [0.717, 1.165) is 64.2 Å². The molecule has 3 nitrogen and oxygen atoms in total. The third kappa shape index (κ3) is 3.72. The maximum atomic E-state index is 12.9. The highest BCUT2D eigenvalue weighted by Crippen LogP contribution is 2.69. The number of fused-ring (bicyclic) bond motifs is 5. The summed E-state index contributed by atoms with van der Waals surface area (Å²) >= 11 is 0. The van der Waals surface area contributed by atoms with Crippen LogP contribution in [0.5, 0.6) is 0 Å². The fraction of sp³-hybridized carbons (Fsp3) is 0.857. The summed E-state index contributed by atoms with van der Waals surface area (Å²) in [4.78, 5) is 24.9. The summed E-state index contributed by atoms with van der Waals surface area (Å²) in [6.45, 7) is 9.34. The van der Waals surface area contributed by atoms with Gasteiger partial charge in [0.1, 0.15) is 5.60 Å². The summed E-state index contributed by atoms with van der Waals surface area (Å²) in [5.41, 5.74) is 1.49. The zero-order valence-corrected chi connectivity index (χ0v) is 20.4. The number of hydrogen-bond acceptors (Lipinski definition) is 3. The Morgan fingerprint density at radius 3 is 2.52 bits per heavy atom. The molecule has 0 radical (unpaired) electrons. The summed E-state index contributed by atoms with van der Waals surface area (Å²) in [7, 11) is 0. The van der Waals surface area contributed by atoms with Crippen LogP contribution in [-0.2, 0) is 14.3 Å². The molecule has 0 N–H and O–H groups in total. The van der Waals surface area contributed by atoms with E-state index in [2.05, 4.69) is 27.7 Å². The fourth-order valence-corrected chi connectivity index (χ4v) is 8.47. The van der Waals surface area contributed by atoms with Crippen molar-refractivity contribution in [3.63, 3.8) is 0 Å². The Hall–Kier alpha value is -1.12. The van der Waals surface area contributed by atoms with Gasteiger partial charge in [0.15, 0.2) is 5.78 Å². The van der Waals surface area contributed by atoms with E-state index in [4.69, 9.17) is 4.74 Å². The molecule has 0 aromatic rings. The molecule has 3 fully saturated rings. The van der Waals surface area contributed by atoms with Gasteiger partial charge in [0.25, 0.3) is 0 Å². The molecule has 3 saturated carbocycles. The van der Waals surface area contributed by atoms with Gasteiger partial charge in [-0.3, -0.25) is 9.59 Å². The number of unbranched alkanes of at least 4 members (excludes halogenated alkanes) is 2. The number of ketones is 1. The topological polar surface area (TPSA) is 43.4 Å². The molecule has 0 spiro atoms. The van der Waals surface area contributed by atoms with Crippen LogP contribution in [0.25, 0.3) is 0 Å². The van der Waals surface area contributed by atoms with Crippen molar-refractivity contribution in [3.05, 3.63) is 11.6 Å². The molecular formula is C28H44O3. The Balaban J connectivity index is 1.57. The minimum atomic E-state index is -0.264. The molecule has 4 aliphatic carbocycles. The molecule has 0 bridgehead atoms. The first-order valence-electron chi connectivity index (χ1n) is 13.3. The van der Waals surface area contributed by atoms with Crippen molar-refractivity contribution in [1.82, 2.24) is 0 Å². The van der Waals surface area contributed by atoms with Gasteiger partial charge in [0, 0.05) is 18.3 Å². The van der Waals surface area contributed by atoms with E-state index in [-0.39, 0.29) is 22.4 Å². The maximum Gasteiger partial charge on any atom is 0.306 e. The number of allylic oxidation sites excluding steroid dienone is 1. The second-order valence-electron chi connectivity index (χ2n) is 11.6. The Kier molecular flexibility index (Phi) is 6.45. The lowest BCUT2D eigenvalue weighted by Crippen LogP contribution is -2.56. The highest BCUT2D eigenvalue weighted by atomic mass is 16.6. The van der Waals surface area contributed by atoms with Crippen LogP contribution in [0.4, 0.5) is 0 Å². The minimum absolute atomic E-state index is 0.0394. The van der Waals surface area contributed by atoms with Gasteiger partial charge in [-0.2, -0.15) is 0 Å². The number of carbonyl (C=O) groups excluding carboxylic acids is 2. The highest BCUT2D eigenvalue weighted by Gasteiger charge is 2.65. The third-order valence-electron chi connectivity index (χ3n) is 10.2. The number of rotatable bonds is 7. The van der Waals surface area contributed by atoms with Crippen LogP contribution in [-0.4, -0.2) is 17.4 Å². The molecule has 3 heteroatoms. The Morgan fingerprint density at radius 2 is 1.77 bits per heavy atom. The number of ether oxygens (including phenoxy) is 1. The fourth-order valence-electron chi connectivity index (χ4n) is 8.47. The lowest BCUT2D eigenvalue weighted by molar-refractivity contribution is -0.186. The van der Waals surface area contributed by atoms with E-state index >= 15 is 0 Å². The smallest absolute Gasteiger partial charge is 0.306 e. The van der Waals surface area contributed by atoms with Gasteiger partial charge in [0.05, 0.1) is 0 Å². The van der Waals surface area contributed by atoms with E-state index in [0.29, 0.717) is 30.0 Å². The standard InChI is InChI=1S/C28H44O3/c1-5-7-8-9-25(30)31-28(15-6-2)18-14-24-22-11-10-20-19-21(29)12-16-26(20,3)23(22)13-17-27(24,28)4/h19,22-24H,5-18H2,1-4H3/t22-,23+,24+,26+,27+,28+/m1/s1. The number of esters is 1. The van der Waals surface area contributed by atoms with Crippen molar-refractivity contribution in [2.24, 2.45) is 28.6 Å². The molecule has 0 aromatic carbocycles. The Bertz CT molecular complexity index is 739. The van der Waals surface area contributed by atoms with Crippen molar-refractivity contribution in [1.29, 1.82) is 0 Å². The molecule has 4 aliphatic rings. The monoisotopic (exact) mass is 428 g/mol. The predicted octanol–water partition coefficient (Wildman–Crippen LogP) is 7.18. The average Bonchev–Trinajstić information content (AvgIpc) is 3.01. The van der Waals surface area contributed by atoms with Crippen LogP contribution >= 0.6 is 0 Å². The largest absolute Gasteiger partial charge is 0.458 e. The first-order chi connectivity index (χ1) is 14.8. The summed E-state index contributed by atoms with van der Waals surface area (Å²) in [5, 5.41) is 0. The molecule has 0 amide bonds. The molecule has 4 rings (SSSR count). The van der Waals surface area contributed by atoms with Crippen molar-refractivity contribution < 1.29 is 14.3 Å². The third-order valence-corrected chi connectivity index (χ3v) is 10.2. The first kappa shape index (κ1) is 23.1. The molecule has 174 valence electrons. The van der Waals surface area contributed by atoms with Gasteiger partial charge in [0.2, 0.25) is 0 Å². The van der Waals surface area contributed by atoms with Crippen LogP contribution in [0, 0.1) is 28.6 Å². The molecule has 0 aliphatic heterocycles. The van der Waals surface area contributed by atoms with Gasteiger partial charge in [-0.05, 0) is 87.0 Å². The SMILES string of the molecule is CCCCCC(=O)O[C@@]1(CCC)CC[C@H]2[C@@H]3CCC4=CC(=O)CC[C@]4(C)[C@H]3CC[C@@]21C. The number of carbonyl (C=O) groups is 2. The predicted molar refractivity (Wildman–Crippen MR) is 125 cm³/mol. The van der Waals surface area contributed by atoms with Crippen molar-refractivity contribution in [2.45, 2.75) is 123 Å². The zero-order chi connectivity index (χ0) is 22.3. The molecule has 31 heavy (non-hydrogen) atoms. The summed E-state index contributed by atoms with van der Waals surface area (Å²) in [5.74, 6) is 2.43. The van der Waals surface area contributed by atoms with E-state index in [9.17, 15) is 9.59 Å². The van der Waals surface area contributed by atoms with Gasteiger partial charge < -0.3 is 4.74 Å². The Labute approximate surface area is 189 Å². The lowest BCUT2D eigenvalue weighted by Gasteiger charge is -2.59. The summed E-state index contributed by atoms with van der Waals surface area (Å²) in [6.07, 6.45) is 16.6. The zero-order valence-electron chi connectivity index (χ0n) is 20.4. The highest BCUT2D eigenvalue weighted by molar-refractivity contribution is 5.91. The summed E-state index contributed by atoms with van der Waals surface area (Å²) < 4.78 is 6.49. The summed E-state index contributed by atoms with van der Waals surface area (Å²) in [6, 6.07) is 0. The number of hydrogen-bond donors (Lipinski definition) is 0. The molecule has 0 aromatic heterocycles. The van der Waals surface area contributed by atoms with Gasteiger partial charge in [-0.1, -0.05) is 52.5 Å². The quantitative estimate of drug-likeness (QED) is 0.318. The van der Waals surface area contributed by atoms with Gasteiger partial charge in [-0.15, -0.1) is 0 Å². The molecule has 0 heterocycles. The van der Waals surface area contributed by atoms with Crippen LogP contribution in [0.15, 0.2) is 11.6 Å². The van der Waals surface area contributed by atoms with Gasteiger partial charge >= 0.3 is 5.97 Å². The lowest BCUT2D eigenvalue weighted by atomic mass is 9.46. The first-order valence-corrected chi connectivity index (χ1v) is 13.3. The van der Waals surface area contributed by atoms with Crippen molar-refractivity contribution >= 4 is 11.8 Å².